The summed E-state index contributed by atoms with van der Waals surface area (Å²) in [6, 6.07) is 8.36. The van der Waals surface area contributed by atoms with Crippen LogP contribution in [0.1, 0.15) is 39.4 Å². The van der Waals surface area contributed by atoms with Crippen LogP contribution in [-0.2, 0) is 26.9 Å². The molecule has 2 atom stereocenters. The summed E-state index contributed by atoms with van der Waals surface area (Å²) < 4.78 is 29.6. The van der Waals surface area contributed by atoms with Crippen molar-refractivity contribution in [3.8, 4) is 0 Å². The van der Waals surface area contributed by atoms with Crippen LogP contribution >= 0.6 is 11.6 Å². The average Bonchev–Trinajstić information content (AvgIpc) is 3.16. The summed E-state index contributed by atoms with van der Waals surface area (Å²) in [4.78, 5) is 51.1. The first-order valence-corrected chi connectivity index (χ1v) is 11.1. The third-order valence-electron chi connectivity index (χ3n) is 6.47. The summed E-state index contributed by atoms with van der Waals surface area (Å²) in [5.41, 5.74) is -2.42. The predicted octanol–water partition coefficient (Wildman–Crippen LogP) is 0.532. The van der Waals surface area contributed by atoms with Gasteiger partial charge in [-0.15, -0.1) is 0 Å². The summed E-state index contributed by atoms with van der Waals surface area (Å²) in [5.74, 6) is -9.85. The van der Waals surface area contributed by atoms with E-state index in [2.05, 4.69) is 0 Å². The predicted molar refractivity (Wildman–Crippen MR) is 133 cm³/mol. The molecule has 2 aliphatic rings. The monoisotopic (exact) mass is 511 g/mol. The number of fused-ring (bicyclic) bond motifs is 1. The Morgan fingerprint density at radius 3 is 2.32 bits per heavy atom. The van der Waals surface area contributed by atoms with E-state index in [1.54, 1.807) is 0 Å². The molecule has 2 heterocycles. The molecule has 10 radical (unpaired) electrons. The SMILES string of the molecule is [B]C(c1ccc2c(c1)CN([C@]1([B])C(=O)NC(=O)CC1([B])[B])C2=O)N([B])C(=O)C(F)(F)c1ccc(Cl)cc1. The Morgan fingerprint density at radius 2 is 1.73 bits per heavy atom. The smallest absolute Gasteiger partial charge is 0.348 e. The lowest BCUT2D eigenvalue weighted by Crippen LogP contribution is -2.70. The van der Waals surface area contributed by atoms with Gasteiger partial charge in [-0.25, -0.2) is 0 Å². The summed E-state index contributed by atoms with van der Waals surface area (Å²) >= 11 is 5.72. The van der Waals surface area contributed by atoms with Crippen LogP contribution in [0.2, 0.25) is 10.2 Å². The molecular weight excluding hydrogens is 498 g/mol. The molecule has 2 aromatic carbocycles. The quantitative estimate of drug-likeness (QED) is 0.470. The van der Waals surface area contributed by atoms with Gasteiger partial charge in [-0.05, 0) is 29.3 Å². The third-order valence-corrected chi connectivity index (χ3v) is 6.72. The lowest BCUT2D eigenvalue weighted by molar-refractivity contribution is -0.154. The van der Waals surface area contributed by atoms with Crippen molar-refractivity contribution in [3.63, 3.8) is 0 Å². The largest absolute Gasteiger partial charge is 0.393 e. The van der Waals surface area contributed by atoms with Gasteiger partial charge < -0.3 is 9.71 Å². The number of nitrogens with zero attached hydrogens (tertiary/aromatic N) is 2. The molecule has 0 aliphatic carbocycles. The third kappa shape index (κ3) is 4.29. The van der Waals surface area contributed by atoms with Crippen LogP contribution in [0.3, 0.4) is 0 Å². The Kier molecular flexibility index (Phi) is 6.63. The number of hydrogen-bond donors (Lipinski definition) is 1. The minimum absolute atomic E-state index is 0.0997. The maximum absolute atomic E-state index is 14.8. The summed E-state index contributed by atoms with van der Waals surface area (Å²) in [6.07, 6.45) is -0.530. The first-order valence-electron chi connectivity index (χ1n) is 10.7. The first-order chi connectivity index (χ1) is 17.1. The first kappa shape index (κ1) is 27.0. The van der Waals surface area contributed by atoms with Crippen molar-refractivity contribution in [1.82, 2.24) is 15.0 Å². The molecule has 4 rings (SSSR count). The van der Waals surface area contributed by atoms with Crippen molar-refractivity contribution in [3.05, 3.63) is 69.7 Å². The molecule has 4 amide bonds. The van der Waals surface area contributed by atoms with Crippen LogP contribution in [0.25, 0.3) is 0 Å². The number of amides is 4. The van der Waals surface area contributed by atoms with Crippen LogP contribution < -0.4 is 5.32 Å². The van der Waals surface area contributed by atoms with Gasteiger partial charge in [-0.2, -0.15) is 8.78 Å². The summed E-state index contributed by atoms with van der Waals surface area (Å²) in [5, 5.41) is 0.137. The Morgan fingerprint density at radius 1 is 1.11 bits per heavy atom. The molecule has 15 heteroatoms. The lowest BCUT2D eigenvalue weighted by atomic mass is 9.36. The number of carbonyl (C=O) groups is 4. The highest BCUT2D eigenvalue weighted by molar-refractivity contribution is 6.52. The van der Waals surface area contributed by atoms with Gasteiger partial charge in [-0.1, -0.05) is 41.1 Å². The van der Waals surface area contributed by atoms with Crippen molar-refractivity contribution in [1.29, 1.82) is 0 Å². The fourth-order valence-corrected chi connectivity index (χ4v) is 4.42. The molecular formula is C22H13B5ClF2N3O4. The highest BCUT2D eigenvalue weighted by atomic mass is 35.5. The van der Waals surface area contributed by atoms with Gasteiger partial charge in [0.15, 0.2) is 0 Å². The molecule has 1 saturated heterocycles. The zero-order chi connectivity index (χ0) is 27.5. The second-order valence-corrected chi connectivity index (χ2v) is 9.34. The normalized spacial score (nSPS) is 21.8. The van der Waals surface area contributed by atoms with Crippen LogP contribution in [0, 0.1) is 0 Å². The van der Waals surface area contributed by atoms with Crippen LogP contribution in [0.15, 0.2) is 42.5 Å². The molecule has 1 fully saturated rings. The minimum atomic E-state index is -4.01. The highest BCUT2D eigenvalue weighted by Gasteiger charge is 2.56. The highest BCUT2D eigenvalue weighted by Crippen LogP contribution is 2.45. The lowest BCUT2D eigenvalue weighted by Gasteiger charge is -2.52. The molecule has 0 aromatic heterocycles. The topological polar surface area (TPSA) is 86.8 Å². The van der Waals surface area contributed by atoms with Crippen molar-refractivity contribution in [2.24, 2.45) is 0 Å². The van der Waals surface area contributed by atoms with Crippen molar-refractivity contribution < 1.29 is 28.0 Å². The number of rotatable bonds is 5. The maximum Gasteiger partial charge on any atom is 0.348 e. The second kappa shape index (κ2) is 9.08. The van der Waals surface area contributed by atoms with Crippen LogP contribution in [0.4, 0.5) is 8.78 Å². The van der Waals surface area contributed by atoms with E-state index in [4.69, 9.17) is 51.0 Å². The number of hydrogen-bond acceptors (Lipinski definition) is 4. The Labute approximate surface area is 222 Å². The zero-order valence-corrected chi connectivity index (χ0v) is 19.8. The van der Waals surface area contributed by atoms with Gasteiger partial charge >= 0.3 is 5.92 Å². The number of alkyl halides is 2. The van der Waals surface area contributed by atoms with Gasteiger partial charge in [0, 0.05) is 35.1 Å². The number of carbonyl (C=O) groups excluding carboxylic acids is 4. The number of halogens is 3. The van der Waals surface area contributed by atoms with E-state index in [-0.39, 0.29) is 33.1 Å². The average molecular weight is 511 g/mol. The van der Waals surface area contributed by atoms with E-state index in [1.165, 1.54) is 30.3 Å². The van der Waals surface area contributed by atoms with Crippen molar-refractivity contribution in [2.45, 2.75) is 35.5 Å². The maximum atomic E-state index is 14.8. The molecule has 1 unspecified atom stereocenters. The van der Waals surface area contributed by atoms with Crippen molar-refractivity contribution >= 4 is 74.6 Å². The van der Waals surface area contributed by atoms with E-state index in [0.717, 1.165) is 17.0 Å². The van der Waals surface area contributed by atoms with E-state index in [1.807, 2.05) is 5.32 Å². The minimum Gasteiger partial charge on any atom is -0.393 e. The standard InChI is InChI=1S/C22H13B5ClF2N3O4/c23-16(33(27)19(37)21(29,30)12-2-4-13(28)5-3-12)10-1-6-14-11(7-10)9-32(17(14)35)22(26)18(36)31-15(34)8-20(22,24)25/h1-7,16H,8-9H2,(H,31,34,36)/t16?,22-/m1/s1. The van der Waals surface area contributed by atoms with Crippen LogP contribution in [0.5, 0.6) is 0 Å². The number of benzene rings is 2. The van der Waals surface area contributed by atoms with Gasteiger partial charge in [0.05, 0.1) is 21.1 Å². The van der Waals surface area contributed by atoms with Gasteiger partial charge in [0.2, 0.25) is 19.8 Å². The Bertz CT molecular complexity index is 1330. The van der Waals surface area contributed by atoms with E-state index in [0.29, 0.717) is 0 Å². The molecule has 0 bridgehead atoms. The Hall–Kier alpha value is -3.01. The van der Waals surface area contributed by atoms with Crippen LogP contribution in [-0.4, -0.2) is 78.1 Å². The number of piperidine rings is 1. The zero-order valence-electron chi connectivity index (χ0n) is 19.1. The van der Waals surface area contributed by atoms with Crippen molar-refractivity contribution in [2.75, 3.05) is 0 Å². The second-order valence-electron chi connectivity index (χ2n) is 8.91. The molecule has 1 N–H and O–H groups in total. The fraction of sp³-hybridized carbons (Fsp3) is 0.273. The summed E-state index contributed by atoms with van der Waals surface area (Å²) in [6.45, 7) is -0.275. The van der Waals surface area contributed by atoms with E-state index in [9.17, 15) is 28.0 Å². The molecule has 176 valence electrons. The Balaban J connectivity index is 1.59. The molecule has 7 nitrogen and oxygen atoms in total. The van der Waals surface area contributed by atoms with E-state index >= 15 is 0 Å². The molecule has 37 heavy (non-hydrogen) atoms. The van der Waals surface area contributed by atoms with E-state index < -0.39 is 58.1 Å². The van der Waals surface area contributed by atoms with Gasteiger partial charge in [-0.3, -0.25) is 24.5 Å². The number of nitrogens with one attached hydrogen (secondary N) is 1. The molecule has 0 saturated carbocycles. The fourth-order valence-electron chi connectivity index (χ4n) is 4.29. The molecule has 0 spiro atoms. The molecule has 2 aliphatic heterocycles. The number of imide groups is 1. The summed E-state index contributed by atoms with van der Waals surface area (Å²) in [7, 11) is 29.9. The molecule has 2 aromatic rings. The van der Waals surface area contributed by atoms with Gasteiger partial charge in [0.1, 0.15) is 15.7 Å². The van der Waals surface area contributed by atoms with Gasteiger partial charge in [0.25, 0.3) is 11.8 Å².